The molecule has 0 radical (unpaired) electrons. The third kappa shape index (κ3) is 3.69. The summed E-state index contributed by atoms with van der Waals surface area (Å²) in [6.45, 7) is 1.58. The smallest absolute Gasteiger partial charge is 0.337 e. The molecule has 32 heavy (non-hydrogen) atoms. The van der Waals surface area contributed by atoms with Gasteiger partial charge >= 0.3 is 5.97 Å². The van der Waals surface area contributed by atoms with Crippen molar-refractivity contribution in [3.05, 3.63) is 58.7 Å². The van der Waals surface area contributed by atoms with E-state index in [1.54, 1.807) is 18.3 Å². The molecular formula is C25H23ClN2O4. The van der Waals surface area contributed by atoms with Crippen molar-refractivity contribution in [3.8, 4) is 16.9 Å². The van der Waals surface area contributed by atoms with Gasteiger partial charge in [-0.25, -0.2) is 4.79 Å². The summed E-state index contributed by atoms with van der Waals surface area (Å²) in [5, 5.41) is 1.45. The highest BCUT2D eigenvalue weighted by Gasteiger charge is 2.35. The molecule has 1 atom stereocenters. The summed E-state index contributed by atoms with van der Waals surface area (Å²) >= 11 is 6.46. The van der Waals surface area contributed by atoms with Gasteiger partial charge in [-0.2, -0.15) is 0 Å². The maximum Gasteiger partial charge on any atom is 0.337 e. The Morgan fingerprint density at radius 3 is 2.69 bits per heavy atom. The maximum absolute atomic E-state index is 13.1. The van der Waals surface area contributed by atoms with Crippen LogP contribution in [0.5, 0.6) is 5.75 Å². The first-order chi connectivity index (χ1) is 15.5. The van der Waals surface area contributed by atoms with Crippen LogP contribution in [0.15, 0.2) is 42.6 Å². The second-order valence-corrected chi connectivity index (χ2v) is 8.66. The van der Waals surface area contributed by atoms with E-state index >= 15 is 0 Å². The van der Waals surface area contributed by atoms with Crippen LogP contribution in [0.2, 0.25) is 5.02 Å². The van der Waals surface area contributed by atoms with Gasteiger partial charge in [0.15, 0.2) is 6.10 Å². The fourth-order valence-corrected chi connectivity index (χ4v) is 4.85. The lowest BCUT2D eigenvalue weighted by Crippen LogP contribution is -2.43. The number of ether oxygens (including phenoxy) is 2. The van der Waals surface area contributed by atoms with E-state index in [1.165, 1.54) is 13.5 Å². The van der Waals surface area contributed by atoms with Crippen molar-refractivity contribution in [2.75, 3.05) is 20.2 Å². The highest BCUT2D eigenvalue weighted by Crippen LogP contribution is 2.43. The fraction of sp³-hybridized carbons (Fsp3) is 0.320. The van der Waals surface area contributed by atoms with Crippen LogP contribution < -0.4 is 4.74 Å². The lowest BCUT2D eigenvalue weighted by atomic mass is 9.97. The Morgan fingerprint density at radius 1 is 1.09 bits per heavy atom. The van der Waals surface area contributed by atoms with Crippen molar-refractivity contribution in [2.24, 2.45) is 0 Å². The monoisotopic (exact) mass is 450 g/mol. The number of likely N-dealkylation sites (tertiary alicyclic amines) is 1. The molecule has 6 nitrogen and oxygen atoms in total. The summed E-state index contributed by atoms with van der Waals surface area (Å²) in [5.41, 5.74) is 3.73. The number of hydrogen-bond acceptors (Lipinski definition) is 5. The van der Waals surface area contributed by atoms with Gasteiger partial charge in [-0.15, -0.1) is 0 Å². The molecule has 5 rings (SSSR count). The van der Waals surface area contributed by atoms with Gasteiger partial charge in [0, 0.05) is 47.2 Å². The van der Waals surface area contributed by atoms with Crippen molar-refractivity contribution in [1.82, 2.24) is 9.88 Å². The van der Waals surface area contributed by atoms with Crippen LogP contribution in [-0.2, 0) is 16.0 Å². The number of methoxy groups -OCH3 is 1. The average molecular weight is 451 g/mol. The number of carbonyl (C=O) groups is 2. The predicted octanol–water partition coefficient (Wildman–Crippen LogP) is 4.66. The molecule has 0 N–H and O–H groups in total. The van der Waals surface area contributed by atoms with Crippen LogP contribution >= 0.6 is 11.6 Å². The van der Waals surface area contributed by atoms with Gasteiger partial charge in [-0.3, -0.25) is 9.78 Å². The predicted molar refractivity (Wildman–Crippen MR) is 122 cm³/mol. The highest BCUT2D eigenvalue weighted by molar-refractivity contribution is 6.31. The third-order valence-electron chi connectivity index (χ3n) is 6.19. The van der Waals surface area contributed by atoms with Crippen LogP contribution in [0.4, 0.5) is 0 Å². The number of piperidine rings is 1. The molecule has 0 aliphatic carbocycles. The second kappa shape index (κ2) is 8.43. The molecule has 3 aromatic rings. The number of halogens is 1. The van der Waals surface area contributed by atoms with E-state index in [0.717, 1.165) is 48.0 Å². The van der Waals surface area contributed by atoms with Crippen LogP contribution in [0.25, 0.3) is 22.0 Å². The molecule has 0 bridgehead atoms. The van der Waals surface area contributed by atoms with Crippen molar-refractivity contribution in [2.45, 2.75) is 31.8 Å². The number of nitrogens with zero attached hydrogens (tertiary/aromatic N) is 2. The molecule has 164 valence electrons. The molecule has 0 saturated carbocycles. The molecule has 1 aromatic heterocycles. The van der Waals surface area contributed by atoms with Crippen molar-refractivity contribution < 1.29 is 19.1 Å². The van der Waals surface area contributed by atoms with E-state index in [0.29, 0.717) is 28.3 Å². The van der Waals surface area contributed by atoms with E-state index in [-0.39, 0.29) is 5.91 Å². The van der Waals surface area contributed by atoms with Crippen molar-refractivity contribution >= 4 is 34.4 Å². The minimum Gasteiger partial charge on any atom is -0.479 e. The Kier molecular flexibility index (Phi) is 5.47. The molecule has 2 aliphatic heterocycles. The molecule has 0 spiro atoms. The van der Waals surface area contributed by atoms with Gasteiger partial charge in [0.25, 0.3) is 5.91 Å². The van der Waals surface area contributed by atoms with E-state index in [1.807, 2.05) is 29.2 Å². The first-order valence-corrected chi connectivity index (χ1v) is 11.2. The van der Waals surface area contributed by atoms with E-state index < -0.39 is 12.1 Å². The molecule has 3 heterocycles. The minimum atomic E-state index is -0.528. The number of pyridine rings is 1. The van der Waals surface area contributed by atoms with Gasteiger partial charge < -0.3 is 14.4 Å². The highest BCUT2D eigenvalue weighted by atomic mass is 35.5. The largest absolute Gasteiger partial charge is 0.479 e. The van der Waals surface area contributed by atoms with Crippen LogP contribution in [0.3, 0.4) is 0 Å². The zero-order chi connectivity index (χ0) is 22.2. The molecule has 1 amide bonds. The Balaban J connectivity index is 1.53. The lowest BCUT2D eigenvalue weighted by Gasteiger charge is -2.28. The molecule has 2 aliphatic rings. The van der Waals surface area contributed by atoms with Gasteiger partial charge in [-0.1, -0.05) is 17.7 Å². The van der Waals surface area contributed by atoms with E-state index in [4.69, 9.17) is 21.1 Å². The lowest BCUT2D eigenvalue weighted by molar-refractivity contribution is -0.138. The molecule has 1 fully saturated rings. The number of hydrogen-bond donors (Lipinski definition) is 0. The zero-order valence-corrected chi connectivity index (χ0v) is 18.5. The number of carbonyl (C=O) groups excluding carboxylic acids is 2. The molecule has 7 heteroatoms. The molecule has 2 aromatic carbocycles. The summed E-state index contributed by atoms with van der Waals surface area (Å²) in [4.78, 5) is 31.3. The summed E-state index contributed by atoms with van der Waals surface area (Å²) in [5.74, 6) is 0.324. The minimum absolute atomic E-state index is 0.0466. The Hall–Kier alpha value is -3.12. The van der Waals surface area contributed by atoms with Gasteiger partial charge in [0.2, 0.25) is 0 Å². The first-order valence-electron chi connectivity index (χ1n) is 10.8. The van der Waals surface area contributed by atoms with Crippen LogP contribution in [0.1, 0.15) is 35.2 Å². The number of esters is 1. The number of rotatable bonds is 3. The molecule has 1 unspecified atom stereocenters. The van der Waals surface area contributed by atoms with E-state index in [2.05, 4.69) is 4.98 Å². The maximum atomic E-state index is 13.1. The number of aromatic nitrogens is 1. The second-order valence-electron chi connectivity index (χ2n) is 8.22. The standard InChI is InChI=1S/C25H23ClN2O4/c1-31-25(30)15-5-6-19-18(7-8-27-21(19)12-15)20-14-17(26)11-16-13-22(32-23(16)20)24(29)28-9-3-2-4-10-28/h5-8,11-12,14,22H,2-4,9-10,13H2,1H3. The topological polar surface area (TPSA) is 68.7 Å². The summed E-state index contributed by atoms with van der Waals surface area (Å²) in [7, 11) is 1.35. The van der Waals surface area contributed by atoms with Gasteiger partial charge in [0.1, 0.15) is 5.75 Å². The SMILES string of the molecule is COC(=O)c1ccc2c(-c3cc(Cl)cc4c3OC(C(=O)N3CCCCC3)C4)ccnc2c1. The van der Waals surface area contributed by atoms with Crippen molar-refractivity contribution in [3.63, 3.8) is 0 Å². The Morgan fingerprint density at radius 2 is 1.91 bits per heavy atom. The van der Waals surface area contributed by atoms with E-state index in [9.17, 15) is 9.59 Å². The summed E-state index contributed by atoms with van der Waals surface area (Å²) < 4.78 is 11.1. The Labute approximate surface area is 191 Å². The molecular weight excluding hydrogens is 428 g/mol. The third-order valence-corrected chi connectivity index (χ3v) is 6.41. The molecule has 1 saturated heterocycles. The number of fused-ring (bicyclic) bond motifs is 2. The number of amides is 1. The van der Waals surface area contributed by atoms with Crippen molar-refractivity contribution in [1.29, 1.82) is 0 Å². The normalized spacial score (nSPS) is 17.7. The van der Waals surface area contributed by atoms with Gasteiger partial charge in [-0.05, 0) is 55.2 Å². The van der Waals surface area contributed by atoms with Crippen LogP contribution in [-0.4, -0.2) is 48.1 Å². The number of benzene rings is 2. The fourth-order valence-electron chi connectivity index (χ4n) is 4.61. The first kappa shape index (κ1) is 20.8. The zero-order valence-electron chi connectivity index (χ0n) is 17.8. The summed E-state index contributed by atoms with van der Waals surface area (Å²) in [6, 6.07) is 10.9. The quantitative estimate of drug-likeness (QED) is 0.543. The average Bonchev–Trinajstić information content (AvgIpc) is 3.26. The van der Waals surface area contributed by atoms with Gasteiger partial charge in [0.05, 0.1) is 18.2 Å². The van der Waals surface area contributed by atoms with Crippen LogP contribution in [0, 0.1) is 0 Å². The Bertz CT molecular complexity index is 1220. The summed E-state index contributed by atoms with van der Waals surface area (Å²) in [6.07, 6.45) is 4.92.